The number of hydrogen-bond donors (Lipinski definition) is 0. The first-order valence-corrected chi connectivity index (χ1v) is 9.92. The van der Waals surface area contributed by atoms with Crippen molar-refractivity contribution in [2.45, 2.75) is 26.1 Å². The van der Waals surface area contributed by atoms with Crippen molar-refractivity contribution in [3.8, 4) is 5.75 Å². The summed E-state index contributed by atoms with van der Waals surface area (Å²) in [6.45, 7) is 2.98. The number of rotatable bonds is 6. The van der Waals surface area contributed by atoms with Crippen LogP contribution in [-0.4, -0.2) is 48.9 Å². The maximum atomic E-state index is 11.7. The lowest BCUT2D eigenvalue weighted by molar-refractivity contribution is -0.0180. The molecule has 8 nitrogen and oxygen atoms in total. The van der Waals surface area contributed by atoms with Crippen LogP contribution in [0.3, 0.4) is 0 Å². The van der Waals surface area contributed by atoms with Crippen molar-refractivity contribution in [3.05, 3.63) is 41.6 Å². The largest absolute Gasteiger partial charge is 0.484 e. The first kappa shape index (κ1) is 17.8. The predicted octanol–water partition coefficient (Wildman–Crippen LogP) is 1.54. The molecule has 0 spiro atoms. The fraction of sp³-hybridized carbons (Fsp3) is 0.500. The summed E-state index contributed by atoms with van der Waals surface area (Å²) >= 11 is 0. The molecule has 1 unspecified atom stereocenters. The Morgan fingerprint density at radius 3 is 2.88 bits per heavy atom. The first-order valence-electron chi connectivity index (χ1n) is 8.07. The number of aryl methyl sites for hydroxylation is 1. The van der Waals surface area contributed by atoms with E-state index < -0.39 is 16.1 Å². The fourth-order valence-electron chi connectivity index (χ4n) is 2.61. The number of nitrogens with zero attached hydrogens (tertiary/aromatic N) is 3. The average molecular weight is 367 g/mol. The van der Waals surface area contributed by atoms with Gasteiger partial charge in [-0.25, -0.2) is 8.42 Å². The lowest BCUT2D eigenvalue weighted by Crippen LogP contribution is -2.41. The van der Waals surface area contributed by atoms with Crippen molar-refractivity contribution in [2.75, 3.05) is 26.0 Å². The molecular formula is C16H21N3O5S. The van der Waals surface area contributed by atoms with E-state index in [-0.39, 0.29) is 25.6 Å². The zero-order valence-electron chi connectivity index (χ0n) is 14.2. The Morgan fingerprint density at radius 1 is 1.32 bits per heavy atom. The molecule has 1 aromatic carbocycles. The summed E-state index contributed by atoms with van der Waals surface area (Å²) in [6.07, 6.45) is 1.48. The predicted molar refractivity (Wildman–Crippen MR) is 89.6 cm³/mol. The summed E-state index contributed by atoms with van der Waals surface area (Å²) < 4.78 is 41.6. The van der Waals surface area contributed by atoms with Crippen molar-refractivity contribution in [3.63, 3.8) is 0 Å². The molecule has 1 atom stereocenters. The molecule has 0 aliphatic carbocycles. The van der Waals surface area contributed by atoms with Crippen LogP contribution in [0.15, 0.2) is 28.7 Å². The number of benzene rings is 1. The maximum Gasteiger partial charge on any atom is 0.254 e. The molecule has 2 aromatic rings. The monoisotopic (exact) mass is 367 g/mol. The van der Waals surface area contributed by atoms with Crippen molar-refractivity contribution in [1.82, 2.24) is 14.5 Å². The highest BCUT2D eigenvalue weighted by Gasteiger charge is 2.31. The molecule has 136 valence electrons. The molecule has 0 amide bonds. The van der Waals surface area contributed by atoms with E-state index in [2.05, 4.69) is 17.1 Å². The molecule has 0 radical (unpaired) electrons. The van der Waals surface area contributed by atoms with E-state index in [0.29, 0.717) is 12.4 Å². The maximum absolute atomic E-state index is 11.7. The van der Waals surface area contributed by atoms with Crippen LogP contribution in [0.5, 0.6) is 5.75 Å². The van der Waals surface area contributed by atoms with Crippen molar-refractivity contribution >= 4 is 10.0 Å². The van der Waals surface area contributed by atoms with Crippen molar-refractivity contribution in [1.29, 1.82) is 0 Å². The third-order valence-corrected chi connectivity index (χ3v) is 5.23. The van der Waals surface area contributed by atoms with Crippen LogP contribution in [0.4, 0.5) is 0 Å². The molecule has 1 fully saturated rings. The fourth-order valence-corrected chi connectivity index (χ4v) is 3.42. The van der Waals surface area contributed by atoms with Crippen LogP contribution in [0.25, 0.3) is 0 Å². The molecule has 0 N–H and O–H groups in total. The summed E-state index contributed by atoms with van der Waals surface area (Å²) in [4.78, 5) is 0. The van der Waals surface area contributed by atoms with Gasteiger partial charge in [0.15, 0.2) is 6.61 Å². The highest BCUT2D eigenvalue weighted by atomic mass is 32.2. The first-order chi connectivity index (χ1) is 12.0. The zero-order chi connectivity index (χ0) is 17.9. The van der Waals surface area contributed by atoms with Crippen LogP contribution in [0.2, 0.25) is 0 Å². The molecule has 2 heterocycles. The summed E-state index contributed by atoms with van der Waals surface area (Å²) in [5.41, 5.74) is 1.10. The Labute approximate surface area is 146 Å². The van der Waals surface area contributed by atoms with Crippen LogP contribution in [-0.2, 0) is 27.8 Å². The summed E-state index contributed by atoms with van der Waals surface area (Å²) in [5, 5.41) is 7.93. The Bertz CT molecular complexity index is 821. The number of aromatic nitrogens is 2. The molecule has 3 rings (SSSR count). The number of sulfonamides is 1. The number of morpholine rings is 1. The van der Waals surface area contributed by atoms with Crippen LogP contribution < -0.4 is 4.74 Å². The average Bonchev–Trinajstić information content (AvgIpc) is 3.08. The van der Waals surface area contributed by atoms with Gasteiger partial charge in [0, 0.05) is 13.1 Å². The molecule has 1 aromatic heterocycles. The second-order valence-corrected chi connectivity index (χ2v) is 7.75. The number of ether oxygens (including phenoxy) is 2. The second-order valence-electron chi connectivity index (χ2n) is 5.76. The summed E-state index contributed by atoms with van der Waals surface area (Å²) in [5.74, 6) is 1.36. The van der Waals surface area contributed by atoms with Crippen LogP contribution in [0, 0.1) is 0 Å². The summed E-state index contributed by atoms with van der Waals surface area (Å²) in [7, 11) is -3.28. The number of hydrogen-bond acceptors (Lipinski definition) is 7. The van der Waals surface area contributed by atoms with Gasteiger partial charge in [0.05, 0.1) is 12.9 Å². The molecule has 1 aliphatic heterocycles. The molecule has 9 heteroatoms. The van der Waals surface area contributed by atoms with Gasteiger partial charge in [-0.05, 0) is 18.1 Å². The molecule has 1 saturated heterocycles. The van der Waals surface area contributed by atoms with Gasteiger partial charge in [-0.15, -0.1) is 10.2 Å². The highest BCUT2D eigenvalue weighted by molar-refractivity contribution is 7.88. The van der Waals surface area contributed by atoms with Gasteiger partial charge in [-0.1, -0.05) is 25.1 Å². The van der Waals surface area contributed by atoms with E-state index in [1.807, 2.05) is 24.3 Å². The quantitative estimate of drug-likeness (QED) is 0.764. The normalized spacial score (nSPS) is 19.0. The SMILES string of the molecule is CCc1ccccc1OCc1nnc(C2CN(S(C)(=O)=O)CCO2)o1. The molecule has 1 aliphatic rings. The highest BCUT2D eigenvalue weighted by Crippen LogP contribution is 2.24. The van der Waals surface area contributed by atoms with Gasteiger partial charge in [-0.2, -0.15) is 4.31 Å². The minimum Gasteiger partial charge on any atom is -0.484 e. The van der Waals surface area contributed by atoms with Gasteiger partial charge in [0.1, 0.15) is 11.9 Å². The van der Waals surface area contributed by atoms with Gasteiger partial charge in [-0.3, -0.25) is 0 Å². The van der Waals surface area contributed by atoms with E-state index in [1.165, 1.54) is 10.6 Å². The van der Waals surface area contributed by atoms with Gasteiger partial charge >= 0.3 is 0 Å². The zero-order valence-corrected chi connectivity index (χ0v) is 15.0. The Morgan fingerprint density at radius 2 is 2.12 bits per heavy atom. The smallest absolute Gasteiger partial charge is 0.254 e. The Kier molecular flexibility index (Phi) is 5.36. The lowest BCUT2D eigenvalue weighted by Gasteiger charge is -2.29. The van der Waals surface area contributed by atoms with Crippen molar-refractivity contribution < 1.29 is 22.3 Å². The summed E-state index contributed by atoms with van der Waals surface area (Å²) in [6, 6.07) is 7.77. The van der Waals surface area contributed by atoms with Crippen LogP contribution >= 0.6 is 0 Å². The minimum absolute atomic E-state index is 0.145. The Hall–Kier alpha value is -1.97. The van der Waals surface area contributed by atoms with Crippen molar-refractivity contribution in [2.24, 2.45) is 0 Å². The van der Waals surface area contributed by atoms with Gasteiger partial charge in [0.2, 0.25) is 15.9 Å². The van der Waals surface area contributed by atoms with Gasteiger partial charge < -0.3 is 13.9 Å². The molecule has 25 heavy (non-hydrogen) atoms. The van der Waals surface area contributed by atoms with Gasteiger partial charge in [0.25, 0.3) is 5.89 Å². The van der Waals surface area contributed by atoms with E-state index in [4.69, 9.17) is 13.9 Å². The Balaban J connectivity index is 1.64. The topological polar surface area (TPSA) is 94.8 Å². The van der Waals surface area contributed by atoms with E-state index in [0.717, 1.165) is 17.7 Å². The lowest BCUT2D eigenvalue weighted by atomic mass is 10.1. The number of para-hydroxylation sites is 1. The second kappa shape index (κ2) is 7.51. The molecule has 0 saturated carbocycles. The molecule has 0 bridgehead atoms. The minimum atomic E-state index is -3.28. The third-order valence-electron chi connectivity index (χ3n) is 3.96. The van der Waals surface area contributed by atoms with E-state index in [9.17, 15) is 8.42 Å². The van der Waals surface area contributed by atoms with Crippen LogP contribution in [0.1, 0.15) is 30.4 Å². The van der Waals surface area contributed by atoms with E-state index >= 15 is 0 Å². The molecular weight excluding hydrogens is 346 g/mol. The van der Waals surface area contributed by atoms with E-state index in [1.54, 1.807) is 0 Å². The third kappa shape index (κ3) is 4.36. The standard InChI is InChI=1S/C16H21N3O5S/c1-3-12-6-4-5-7-13(12)23-11-15-17-18-16(24-15)14-10-19(8-9-22-14)25(2,20)21/h4-7,14H,3,8-11H2,1-2H3.